The summed E-state index contributed by atoms with van der Waals surface area (Å²) >= 11 is 0. The van der Waals surface area contributed by atoms with Crippen molar-refractivity contribution >= 4 is 5.91 Å². The molecule has 1 fully saturated rings. The van der Waals surface area contributed by atoms with Gasteiger partial charge in [0.15, 0.2) is 11.5 Å². The highest BCUT2D eigenvalue weighted by Gasteiger charge is 2.26. The fourth-order valence-electron chi connectivity index (χ4n) is 3.40. The van der Waals surface area contributed by atoms with E-state index in [0.29, 0.717) is 23.8 Å². The number of carbonyl (C=O) groups excluding carboxylic acids is 1. The normalized spacial score (nSPS) is 21.8. The van der Waals surface area contributed by atoms with Crippen molar-refractivity contribution in [3.63, 3.8) is 0 Å². The molecule has 1 amide bonds. The van der Waals surface area contributed by atoms with Gasteiger partial charge in [-0.1, -0.05) is 6.42 Å². The Bertz CT molecular complexity index is 559. The van der Waals surface area contributed by atoms with Gasteiger partial charge in [0.2, 0.25) is 5.91 Å². The van der Waals surface area contributed by atoms with Crippen molar-refractivity contribution in [1.29, 1.82) is 0 Å². The zero-order valence-electron chi connectivity index (χ0n) is 14.5. The lowest BCUT2D eigenvalue weighted by Gasteiger charge is -2.21. The maximum absolute atomic E-state index is 12.3. The number of ether oxygens (including phenoxy) is 2. The Labute approximate surface area is 138 Å². The van der Waals surface area contributed by atoms with Crippen molar-refractivity contribution in [3.05, 3.63) is 23.3 Å². The third-order valence-electron chi connectivity index (χ3n) is 4.78. The minimum atomic E-state index is -0.0834. The summed E-state index contributed by atoms with van der Waals surface area (Å²) in [6, 6.07) is 3.95. The number of methoxy groups -OCH3 is 2. The van der Waals surface area contributed by atoms with Gasteiger partial charge in [-0.15, -0.1) is 0 Å². The number of carbonyl (C=O) groups is 1. The van der Waals surface area contributed by atoms with E-state index in [1.807, 2.05) is 26.0 Å². The predicted molar refractivity (Wildman–Crippen MR) is 90.8 cm³/mol. The molecule has 3 atom stereocenters. The van der Waals surface area contributed by atoms with Crippen LogP contribution < -0.4 is 20.5 Å². The number of aryl methyl sites for hydroxylation is 1. The molecule has 0 spiro atoms. The Morgan fingerprint density at radius 1 is 1.30 bits per heavy atom. The molecule has 0 radical (unpaired) electrons. The van der Waals surface area contributed by atoms with Crippen molar-refractivity contribution < 1.29 is 14.3 Å². The van der Waals surface area contributed by atoms with Crippen LogP contribution in [0.15, 0.2) is 12.1 Å². The molecular weight excluding hydrogens is 292 g/mol. The zero-order chi connectivity index (χ0) is 17.0. The van der Waals surface area contributed by atoms with Gasteiger partial charge in [0.05, 0.1) is 20.3 Å². The summed E-state index contributed by atoms with van der Waals surface area (Å²) in [6.07, 6.45) is 3.72. The Morgan fingerprint density at radius 2 is 1.96 bits per heavy atom. The molecule has 0 bridgehead atoms. The minimum Gasteiger partial charge on any atom is -0.493 e. The van der Waals surface area contributed by atoms with Crippen molar-refractivity contribution in [1.82, 2.24) is 5.32 Å². The van der Waals surface area contributed by atoms with Gasteiger partial charge in [-0.25, -0.2) is 0 Å². The first-order valence-electron chi connectivity index (χ1n) is 8.23. The summed E-state index contributed by atoms with van der Waals surface area (Å²) in [5, 5.41) is 3.08. The summed E-state index contributed by atoms with van der Waals surface area (Å²) in [5.74, 6) is 1.75. The van der Waals surface area contributed by atoms with Crippen LogP contribution in [0.25, 0.3) is 0 Å². The fourth-order valence-corrected chi connectivity index (χ4v) is 3.40. The predicted octanol–water partition coefficient (Wildman–Crippen LogP) is 2.71. The molecule has 1 aromatic rings. The third-order valence-corrected chi connectivity index (χ3v) is 4.78. The van der Waals surface area contributed by atoms with Gasteiger partial charge in [-0.2, -0.15) is 0 Å². The monoisotopic (exact) mass is 320 g/mol. The van der Waals surface area contributed by atoms with E-state index in [9.17, 15) is 4.79 Å². The number of nitrogens with two attached hydrogens (primary N) is 1. The summed E-state index contributed by atoms with van der Waals surface area (Å²) in [5.41, 5.74) is 8.15. The highest BCUT2D eigenvalue weighted by molar-refractivity contribution is 5.77. The van der Waals surface area contributed by atoms with Crippen LogP contribution in [0.1, 0.15) is 49.8 Å². The standard InChI is InChI=1S/C18H28N2O3/c1-11-8-16(22-3)17(23-4)10-14(11)12(2)20-18(21)9-13-6-5-7-15(13)19/h8,10,12-13,15H,5-7,9,19H2,1-4H3,(H,20,21)/t12?,13-,15+/m0/s1. The highest BCUT2D eigenvalue weighted by atomic mass is 16.5. The number of nitrogens with one attached hydrogen (secondary N) is 1. The molecule has 0 saturated heterocycles. The van der Waals surface area contributed by atoms with E-state index in [2.05, 4.69) is 5.32 Å². The average Bonchev–Trinajstić information content (AvgIpc) is 2.91. The molecule has 2 rings (SSSR count). The second kappa shape index (κ2) is 7.68. The molecule has 1 saturated carbocycles. The maximum Gasteiger partial charge on any atom is 0.220 e. The third kappa shape index (κ3) is 4.16. The van der Waals surface area contributed by atoms with Crippen LogP contribution in [-0.2, 0) is 4.79 Å². The summed E-state index contributed by atoms with van der Waals surface area (Å²) < 4.78 is 10.7. The molecule has 3 N–H and O–H groups in total. The van der Waals surface area contributed by atoms with Gasteiger partial charge in [-0.05, 0) is 55.9 Å². The molecular formula is C18H28N2O3. The van der Waals surface area contributed by atoms with E-state index >= 15 is 0 Å². The van der Waals surface area contributed by atoms with Crippen LogP contribution in [0.3, 0.4) is 0 Å². The van der Waals surface area contributed by atoms with Crippen LogP contribution in [0.5, 0.6) is 11.5 Å². The van der Waals surface area contributed by atoms with Crippen molar-refractivity contribution in [2.75, 3.05) is 14.2 Å². The van der Waals surface area contributed by atoms with E-state index in [0.717, 1.165) is 30.4 Å². The van der Waals surface area contributed by atoms with E-state index in [-0.39, 0.29) is 18.0 Å². The second-order valence-electron chi connectivity index (χ2n) is 6.41. The van der Waals surface area contributed by atoms with Gasteiger partial charge in [0, 0.05) is 12.5 Å². The summed E-state index contributed by atoms with van der Waals surface area (Å²) in [4.78, 5) is 12.3. The summed E-state index contributed by atoms with van der Waals surface area (Å²) in [6.45, 7) is 3.99. The largest absolute Gasteiger partial charge is 0.493 e. The highest BCUT2D eigenvalue weighted by Crippen LogP contribution is 2.33. The molecule has 1 aliphatic rings. The Kier molecular flexibility index (Phi) is 5.88. The van der Waals surface area contributed by atoms with Gasteiger partial charge in [0.1, 0.15) is 0 Å². The smallest absolute Gasteiger partial charge is 0.220 e. The van der Waals surface area contributed by atoms with Gasteiger partial charge in [0.25, 0.3) is 0 Å². The first-order chi connectivity index (χ1) is 11.0. The topological polar surface area (TPSA) is 73.6 Å². The van der Waals surface area contributed by atoms with Crippen LogP contribution >= 0.6 is 0 Å². The van der Waals surface area contributed by atoms with Crippen LogP contribution in [0.2, 0.25) is 0 Å². The molecule has 0 aromatic heterocycles. The molecule has 5 nitrogen and oxygen atoms in total. The van der Waals surface area contributed by atoms with Crippen molar-refractivity contribution in [2.24, 2.45) is 11.7 Å². The molecule has 1 unspecified atom stereocenters. The Balaban J connectivity index is 2.05. The van der Waals surface area contributed by atoms with E-state index < -0.39 is 0 Å². The van der Waals surface area contributed by atoms with Gasteiger partial charge < -0.3 is 20.5 Å². The lowest BCUT2D eigenvalue weighted by Crippen LogP contribution is -2.33. The molecule has 1 aromatic carbocycles. The minimum absolute atomic E-state index is 0.0639. The van der Waals surface area contributed by atoms with Crippen molar-refractivity contribution in [2.45, 2.75) is 51.6 Å². The SMILES string of the molecule is COc1cc(C)c(C(C)NC(=O)C[C@@H]2CCC[C@H]2N)cc1OC. The molecule has 5 heteroatoms. The molecule has 1 aliphatic carbocycles. The number of rotatable bonds is 6. The molecule has 0 heterocycles. The zero-order valence-corrected chi connectivity index (χ0v) is 14.5. The first-order valence-corrected chi connectivity index (χ1v) is 8.23. The maximum atomic E-state index is 12.3. The fraction of sp³-hybridized carbons (Fsp3) is 0.611. The quantitative estimate of drug-likeness (QED) is 0.845. The van der Waals surface area contributed by atoms with Gasteiger partial charge >= 0.3 is 0 Å². The Morgan fingerprint density at radius 3 is 2.52 bits per heavy atom. The number of hydrogen-bond donors (Lipinski definition) is 2. The second-order valence-corrected chi connectivity index (χ2v) is 6.41. The molecule has 23 heavy (non-hydrogen) atoms. The number of hydrogen-bond acceptors (Lipinski definition) is 4. The lowest BCUT2D eigenvalue weighted by molar-refractivity contribution is -0.122. The van der Waals surface area contributed by atoms with Crippen LogP contribution in [0.4, 0.5) is 0 Å². The molecule has 0 aliphatic heterocycles. The van der Waals surface area contributed by atoms with E-state index in [1.165, 1.54) is 0 Å². The van der Waals surface area contributed by atoms with Crippen LogP contribution in [0, 0.1) is 12.8 Å². The van der Waals surface area contributed by atoms with Crippen molar-refractivity contribution in [3.8, 4) is 11.5 Å². The average molecular weight is 320 g/mol. The summed E-state index contributed by atoms with van der Waals surface area (Å²) in [7, 11) is 3.23. The first kappa shape index (κ1) is 17.6. The number of amides is 1. The van der Waals surface area contributed by atoms with Gasteiger partial charge in [-0.3, -0.25) is 4.79 Å². The lowest BCUT2D eigenvalue weighted by atomic mass is 9.98. The Hall–Kier alpha value is -1.75. The van der Waals surface area contributed by atoms with E-state index in [4.69, 9.17) is 15.2 Å². The molecule has 128 valence electrons. The number of benzene rings is 1. The van der Waals surface area contributed by atoms with Crippen LogP contribution in [-0.4, -0.2) is 26.2 Å². The van der Waals surface area contributed by atoms with E-state index in [1.54, 1.807) is 14.2 Å².